The molecule has 3 atom stereocenters. The highest BCUT2D eigenvalue weighted by molar-refractivity contribution is 6.17. The summed E-state index contributed by atoms with van der Waals surface area (Å²) < 4.78 is 16.3. The van der Waals surface area contributed by atoms with Crippen molar-refractivity contribution in [2.24, 2.45) is 5.92 Å². The minimum Gasteiger partial charge on any atom is -0.399 e. The highest BCUT2D eigenvalue weighted by Crippen LogP contribution is 2.40. The molecule has 0 aromatic carbocycles. The van der Waals surface area contributed by atoms with Crippen LogP contribution in [0.2, 0.25) is 0 Å². The molecule has 3 nitrogen and oxygen atoms in total. The molecule has 88 valence electrons. The van der Waals surface area contributed by atoms with Crippen LogP contribution >= 0.6 is 0 Å². The Morgan fingerprint density at radius 1 is 1.27 bits per heavy atom. The van der Waals surface area contributed by atoms with Gasteiger partial charge in [-0.3, -0.25) is 0 Å². The van der Waals surface area contributed by atoms with Crippen molar-refractivity contribution < 1.29 is 13.6 Å². The number of epoxide rings is 1. The van der Waals surface area contributed by atoms with Gasteiger partial charge in [0, 0.05) is 13.2 Å². The van der Waals surface area contributed by atoms with Crippen LogP contribution in [0.25, 0.3) is 0 Å². The van der Waals surface area contributed by atoms with Crippen molar-refractivity contribution in [1.29, 1.82) is 0 Å². The zero-order chi connectivity index (χ0) is 10.5. The van der Waals surface area contributed by atoms with Crippen molar-refractivity contribution >= 4 is 10.0 Å². The van der Waals surface area contributed by atoms with Gasteiger partial charge < -0.3 is 13.6 Å². The zero-order valence-electron chi connectivity index (χ0n) is 9.61. The fourth-order valence-electron chi connectivity index (χ4n) is 2.42. The topological polar surface area (TPSA) is 31.0 Å². The van der Waals surface area contributed by atoms with Gasteiger partial charge in [0.25, 0.3) is 0 Å². The van der Waals surface area contributed by atoms with E-state index in [4.69, 9.17) is 13.6 Å². The van der Waals surface area contributed by atoms with E-state index in [-0.39, 0.29) is 0 Å². The maximum atomic E-state index is 5.52. The van der Waals surface area contributed by atoms with Crippen molar-refractivity contribution in [3.63, 3.8) is 0 Å². The zero-order valence-corrected chi connectivity index (χ0v) is 11.0. The highest BCUT2D eigenvalue weighted by atomic mass is 28.3. The van der Waals surface area contributed by atoms with Crippen molar-refractivity contribution in [2.45, 2.75) is 51.2 Å². The van der Waals surface area contributed by atoms with E-state index < -0.39 is 10.0 Å². The average Bonchev–Trinajstić information content (AvgIpc) is 3.01. The maximum absolute atomic E-state index is 5.52. The predicted molar refractivity (Wildman–Crippen MR) is 61.4 cm³/mol. The number of rotatable bonds is 7. The number of hydrogen-bond acceptors (Lipinski definition) is 3. The highest BCUT2D eigenvalue weighted by Gasteiger charge is 2.43. The Hall–Kier alpha value is 0.0969. The molecule has 2 fully saturated rings. The van der Waals surface area contributed by atoms with E-state index in [1.165, 1.54) is 32.1 Å². The summed E-state index contributed by atoms with van der Waals surface area (Å²) in [5.74, 6) is 0.895. The first-order chi connectivity index (χ1) is 7.40. The molecule has 1 heterocycles. The molecule has 1 aliphatic carbocycles. The van der Waals surface area contributed by atoms with E-state index in [2.05, 4.69) is 0 Å². The first-order valence-corrected chi connectivity index (χ1v) is 7.36. The van der Waals surface area contributed by atoms with Crippen molar-refractivity contribution in [3.8, 4) is 0 Å². The summed E-state index contributed by atoms with van der Waals surface area (Å²) in [6, 6.07) is 0. The van der Waals surface area contributed by atoms with Crippen LogP contribution in [-0.4, -0.2) is 35.4 Å². The van der Waals surface area contributed by atoms with Gasteiger partial charge in [-0.05, 0) is 44.9 Å². The maximum Gasteiger partial charge on any atom is 0.304 e. The monoisotopic (exact) mass is 230 g/mol. The normalized spacial score (nSPS) is 34.6. The van der Waals surface area contributed by atoms with Gasteiger partial charge in [-0.2, -0.15) is 0 Å². The van der Waals surface area contributed by atoms with Crippen LogP contribution in [0, 0.1) is 5.92 Å². The van der Waals surface area contributed by atoms with Gasteiger partial charge in [0.1, 0.15) is 0 Å². The molecule has 0 spiro atoms. The molecule has 1 saturated carbocycles. The Labute approximate surface area is 94.5 Å². The lowest BCUT2D eigenvalue weighted by atomic mass is 9.86. The van der Waals surface area contributed by atoms with E-state index in [0.717, 1.165) is 19.1 Å². The molecule has 1 saturated heterocycles. The summed E-state index contributed by atoms with van der Waals surface area (Å²) in [7, 11) is -0.664. The van der Waals surface area contributed by atoms with Gasteiger partial charge in [-0.15, -0.1) is 0 Å². The Morgan fingerprint density at radius 3 is 3.00 bits per heavy atom. The summed E-state index contributed by atoms with van der Waals surface area (Å²) in [5.41, 5.74) is 0. The van der Waals surface area contributed by atoms with Gasteiger partial charge in [-0.1, -0.05) is 0 Å². The van der Waals surface area contributed by atoms with Gasteiger partial charge in [-0.25, -0.2) is 0 Å². The second-order valence-electron chi connectivity index (χ2n) is 4.55. The van der Waals surface area contributed by atoms with Crippen LogP contribution in [0.4, 0.5) is 0 Å². The molecule has 0 amide bonds. The van der Waals surface area contributed by atoms with Gasteiger partial charge in [0.15, 0.2) is 0 Å². The van der Waals surface area contributed by atoms with Crippen molar-refractivity contribution in [1.82, 2.24) is 0 Å². The third kappa shape index (κ3) is 3.87. The molecule has 3 unspecified atom stereocenters. The Balaban J connectivity index is 1.43. The van der Waals surface area contributed by atoms with Gasteiger partial charge >= 0.3 is 10.0 Å². The second-order valence-corrected chi connectivity index (χ2v) is 5.61. The molecular formula is C11H22O3Si. The molecule has 0 bridgehead atoms. The minimum absolute atomic E-state index is 0.627. The van der Waals surface area contributed by atoms with E-state index in [1.807, 2.05) is 6.92 Å². The molecule has 0 aromatic heterocycles. The third-order valence-electron chi connectivity index (χ3n) is 3.38. The summed E-state index contributed by atoms with van der Waals surface area (Å²) in [6.45, 7) is 3.72. The summed E-state index contributed by atoms with van der Waals surface area (Å²) >= 11 is 0. The van der Waals surface area contributed by atoms with Crippen molar-refractivity contribution in [2.75, 3.05) is 13.2 Å². The first-order valence-electron chi connectivity index (χ1n) is 6.21. The lowest BCUT2D eigenvalue weighted by Crippen LogP contribution is -2.14. The van der Waals surface area contributed by atoms with Gasteiger partial charge in [0.05, 0.1) is 12.2 Å². The SMILES string of the molecule is CCO[SiH2]OCCCC1CCC2OC2C1. The fraction of sp³-hybridized carbons (Fsp3) is 1.00. The first kappa shape index (κ1) is 11.6. The Bertz CT molecular complexity index is 189. The van der Waals surface area contributed by atoms with Crippen LogP contribution in [0.15, 0.2) is 0 Å². The third-order valence-corrected chi connectivity index (χ3v) is 4.41. The molecule has 1 aliphatic heterocycles. The van der Waals surface area contributed by atoms with Crippen LogP contribution < -0.4 is 0 Å². The lowest BCUT2D eigenvalue weighted by molar-refractivity contribution is 0.217. The smallest absolute Gasteiger partial charge is 0.304 e. The summed E-state index contributed by atoms with van der Waals surface area (Å²) in [6.07, 6.45) is 7.74. The van der Waals surface area contributed by atoms with Crippen LogP contribution in [0.3, 0.4) is 0 Å². The molecule has 2 aliphatic rings. The standard InChI is InChI=1S/C11H22O3Si/c1-2-12-15-13-7-3-4-9-5-6-10-11(8-9)14-10/h9-11H,2-8,15H2,1H3. The molecule has 0 N–H and O–H groups in total. The van der Waals surface area contributed by atoms with E-state index in [0.29, 0.717) is 12.2 Å². The van der Waals surface area contributed by atoms with Crippen LogP contribution in [0.1, 0.15) is 39.0 Å². The van der Waals surface area contributed by atoms with E-state index >= 15 is 0 Å². The number of fused-ring (bicyclic) bond motifs is 1. The molecule has 0 aromatic rings. The Kier molecular flexibility index (Phi) is 4.62. The quantitative estimate of drug-likeness (QED) is 0.376. The number of hydrogen-bond donors (Lipinski definition) is 0. The predicted octanol–water partition coefficient (Wildman–Crippen LogP) is 1.39. The molecule has 4 heteroatoms. The molecular weight excluding hydrogens is 208 g/mol. The molecule has 15 heavy (non-hydrogen) atoms. The molecule has 2 rings (SSSR count). The lowest BCUT2D eigenvalue weighted by Gasteiger charge is -2.18. The average molecular weight is 230 g/mol. The Morgan fingerprint density at radius 2 is 2.20 bits per heavy atom. The number of ether oxygens (including phenoxy) is 1. The largest absolute Gasteiger partial charge is 0.399 e. The van der Waals surface area contributed by atoms with Crippen LogP contribution in [0.5, 0.6) is 0 Å². The van der Waals surface area contributed by atoms with Crippen LogP contribution in [-0.2, 0) is 13.6 Å². The van der Waals surface area contributed by atoms with E-state index in [9.17, 15) is 0 Å². The summed E-state index contributed by atoms with van der Waals surface area (Å²) in [5, 5.41) is 0. The van der Waals surface area contributed by atoms with E-state index in [1.54, 1.807) is 0 Å². The fourth-order valence-corrected chi connectivity index (χ4v) is 3.03. The summed E-state index contributed by atoms with van der Waals surface area (Å²) in [4.78, 5) is 0. The second kappa shape index (κ2) is 5.99. The molecule has 0 radical (unpaired) electrons. The minimum atomic E-state index is -0.664. The van der Waals surface area contributed by atoms with Crippen molar-refractivity contribution in [3.05, 3.63) is 0 Å². The van der Waals surface area contributed by atoms with Gasteiger partial charge in [0.2, 0.25) is 0 Å².